The van der Waals surface area contributed by atoms with Gasteiger partial charge in [-0.25, -0.2) is 9.37 Å². The Kier molecular flexibility index (Phi) is 6.01. The minimum absolute atomic E-state index is 0.151. The first kappa shape index (κ1) is 18.1. The highest BCUT2D eigenvalue weighted by atomic mass is 19.1. The molecular weight excluding hydrogens is 335 g/mol. The summed E-state index contributed by atoms with van der Waals surface area (Å²) in [4.78, 5) is 20.8. The van der Waals surface area contributed by atoms with Gasteiger partial charge in [-0.15, -0.1) is 0 Å². The van der Waals surface area contributed by atoms with Crippen molar-refractivity contribution >= 4 is 17.4 Å². The minimum atomic E-state index is -0.220. The summed E-state index contributed by atoms with van der Waals surface area (Å²) in [5.41, 5.74) is 1.57. The average molecular weight is 358 g/mol. The molecule has 1 aromatic carbocycles. The van der Waals surface area contributed by atoms with Crippen LogP contribution in [0.3, 0.4) is 0 Å². The van der Waals surface area contributed by atoms with Crippen LogP contribution in [0.5, 0.6) is 0 Å². The van der Waals surface area contributed by atoms with Crippen molar-refractivity contribution in [1.29, 1.82) is 0 Å². The van der Waals surface area contributed by atoms with Crippen molar-refractivity contribution in [3.05, 3.63) is 54.0 Å². The molecule has 0 bridgehead atoms. The van der Waals surface area contributed by atoms with Crippen LogP contribution in [0.1, 0.15) is 10.4 Å². The second kappa shape index (κ2) is 8.62. The maximum atomic E-state index is 13.0. The molecule has 1 aromatic heterocycles. The molecule has 3 rings (SSSR count). The normalized spacial score (nSPS) is 14.4. The molecule has 1 saturated heterocycles. The number of carbonyl (C=O) groups excluding carboxylic acids is 1. The van der Waals surface area contributed by atoms with Gasteiger partial charge in [0.2, 0.25) is 0 Å². The Morgan fingerprint density at radius 1 is 1.12 bits per heavy atom. The van der Waals surface area contributed by atoms with Crippen molar-refractivity contribution in [2.24, 2.45) is 0 Å². The number of nitrogens with zero attached hydrogens (tertiary/aromatic N) is 3. The molecule has 6 nitrogen and oxygen atoms in total. The third-order valence-electron chi connectivity index (χ3n) is 4.40. The van der Waals surface area contributed by atoms with Crippen molar-refractivity contribution in [3.63, 3.8) is 0 Å². The van der Waals surface area contributed by atoms with Crippen LogP contribution in [0.25, 0.3) is 0 Å². The standard InChI is InChI=1S/C19H23FN4O2/c1-26-13-8-21-19(25)15-2-7-18(22-14-15)24-11-9-23(10-12-24)17-5-3-16(20)4-6-17/h2-7,14H,8-13H2,1H3,(H,21,25). The molecule has 1 fully saturated rings. The van der Waals surface area contributed by atoms with E-state index in [1.165, 1.54) is 12.1 Å². The van der Waals surface area contributed by atoms with Gasteiger partial charge in [-0.2, -0.15) is 0 Å². The Balaban J connectivity index is 1.54. The molecule has 1 amide bonds. The number of piperazine rings is 1. The third-order valence-corrected chi connectivity index (χ3v) is 4.40. The number of halogens is 1. The lowest BCUT2D eigenvalue weighted by molar-refractivity contribution is 0.0937. The Labute approximate surface area is 152 Å². The quantitative estimate of drug-likeness (QED) is 0.800. The predicted octanol–water partition coefficient (Wildman–Crippen LogP) is 1.92. The highest BCUT2D eigenvalue weighted by Crippen LogP contribution is 2.19. The van der Waals surface area contributed by atoms with Gasteiger partial charge in [-0.3, -0.25) is 4.79 Å². The number of anilines is 2. The van der Waals surface area contributed by atoms with Gasteiger partial charge in [0.1, 0.15) is 11.6 Å². The van der Waals surface area contributed by atoms with Crippen LogP contribution in [-0.4, -0.2) is 57.3 Å². The summed E-state index contributed by atoms with van der Waals surface area (Å²) >= 11 is 0. The van der Waals surface area contributed by atoms with E-state index in [1.54, 1.807) is 31.5 Å². The fourth-order valence-corrected chi connectivity index (χ4v) is 2.92. The smallest absolute Gasteiger partial charge is 0.252 e. The Morgan fingerprint density at radius 2 is 1.81 bits per heavy atom. The van der Waals surface area contributed by atoms with Gasteiger partial charge in [-0.05, 0) is 36.4 Å². The van der Waals surface area contributed by atoms with E-state index in [-0.39, 0.29) is 11.7 Å². The van der Waals surface area contributed by atoms with Crippen LogP contribution >= 0.6 is 0 Å². The first-order valence-electron chi connectivity index (χ1n) is 8.66. The van der Waals surface area contributed by atoms with Gasteiger partial charge in [0.15, 0.2) is 0 Å². The Hall–Kier alpha value is -2.67. The van der Waals surface area contributed by atoms with Crippen LogP contribution in [0.2, 0.25) is 0 Å². The number of amides is 1. The lowest BCUT2D eigenvalue weighted by Crippen LogP contribution is -2.46. The third kappa shape index (κ3) is 4.49. The molecule has 2 heterocycles. The summed E-state index contributed by atoms with van der Waals surface area (Å²) in [7, 11) is 1.60. The number of aromatic nitrogens is 1. The van der Waals surface area contributed by atoms with E-state index >= 15 is 0 Å². The summed E-state index contributed by atoms with van der Waals surface area (Å²) in [5, 5.41) is 2.78. The highest BCUT2D eigenvalue weighted by molar-refractivity contribution is 5.94. The monoisotopic (exact) mass is 358 g/mol. The van der Waals surface area contributed by atoms with Crippen LogP contribution < -0.4 is 15.1 Å². The van der Waals surface area contributed by atoms with E-state index in [9.17, 15) is 9.18 Å². The maximum Gasteiger partial charge on any atom is 0.252 e. The van der Waals surface area contributed by atoms with Crippen LogP contribution in [0.4, 0.5) is 15.9 Å². The van der Waals surface area contributed by atoms with Gasteiger partial charge < -0.3 is 19.9 Å². The number of ether oxygens (including phenoxy) is 1. The van der Waals surface area contributed by atoms with E-state index in [2.05, 4.69) is 20.1 Å². The molecular formula is C19H23FN4O2. The first-order valence-corrected chi connectivity index (χ1v) is 8.66. The number of hydrogen-bond donors (Lipinski definition) is 1. The average Bonchev–Trinajstić information content (AvgIpc) is 2.69. The van der Waals surface area contributed by atoms with Crippen LogP contribution in [-0.2, 0) is 4.74 Å². The molecule has 1 N–H and O–H groups in total. The van der Waals surface area contributed by atoms with Gasteiger partial charge in [0.05, 0.1) is 12.2 Å². The zero-order valence-corrected chi connectivity index (χ0v) is 14.8. The summed E-state index contributed by atoms with van der Waals surface area (Å²) in [6.45, 7) is 4.28. The number of methoxy groups -OCH3 is 1. The zero-order valence-electron chi connectivity index (χ0n) is 14.8. The van der Waals surface area contributed by atoms with E-state index in [1.807, 2.05) is 6.07 Å². The fourth-order valence-electron chi connectivity index (χ4n) is 2.92. The van der Waals surface area contributed by atoms with Crippen molar-refractivity contribution in [3.8, 4) is 0 Å². The second-order valence-electron chi connectivity index (χ2n) is 6.10. The lowest BCUT2D eigenvalue weighted by Gasteiger charge is -2.36. The number of nitrogens with one attached hydrogen (secondary N) is 1. The molecule has 7 heteroatoms. The van der Waals surface area contributed by atoms with Crippen LogP contribution in [0.15, 0.2) is 42.6 Å². The molecule has 0 aliphatic carbocycles. The van der Waals surface area contributed by atoms with Crippen molar-refractivity contribution < 1.29 is 13.9 Å². The molecule has 0 spiro atoms. The second-order valence-corrected chi connectivity index (χ2v) is 6.10. The van der Waals surface area contributed by atoms with E-state index in [0.29, 0.717) is 18.7 Å². The van der Waals surface area contributed by atoms with E-state index in [0.717, 1.165) is 37.7 Å². The number of pyridine rings is 1. The minimum Gasteiger partial charge on any atom is -0.383 e. The number of carbonyl (C=O) groups is 1. The fraction of sp³-hybridized carbons (Fsp3) is 0.368. The van der Waals surface area contributed by atoms with Crippen molar-refractivity contribution in [2.75, 3.05) is 56.2 Å². The first-order chi connectivity index (χ1) is 12.7. The maximum absolute atomic E-state index is 13.0. The molecule has 26 heavy (non-hydrogen) atoms. The van der Waals surface area contributed by atoms with Crippen LogP contribution in [0, 0.1) is 5.82 Å². The molecule has 1 aliphatic rings. The summed E-state index contributed by atoms with van der Waals surface area (Å²) in [6, 6.07) is 10.2. The SMILES string of the molecule is COCCNC(=O)c1ccc(N2CCN(c3ccc(F)cc3)CC2)nc1. The number of rotatable bonds is 6. The molecule has 0 atom stereocenters. The Morgan fingerprint density at radius 3 is 2.42 bits per heavy atom. The van der Waals surface area contributed by atoms with Gasteiger partial charge in [-0.1, -0.05) is 0 Å². The van der Waals surface area contributed by atoms with E-state index < -0.39 is 0 Å². The molecule has 0 saturated carbocycles. The predicted molar refractivity (Wildman–Crippen MR) is 99.3 cm³/mol. The van der Waals surface area contributed by atoms with Crippen molar-refractivity contribution in [2.45, 2.75) is 0 Å². The number of benzene rings is 1. The van der Waals surface area contributed by atoms with E-state index in [4.69, 9.17) is 4.74 Å². The van der Waals surface area contributed by atoms with Crippen molar-refractivity contribution in [1.82, 2.24) is 10.3 Å². The summed E-state index contributed by atoms with van der Waals surface area (Å²) in [6.07, 6.45) is 1.60. The lowest BCUT2D eigenvalue weighted by atomic mass is 10.2. The van der Waals surface area contributed by atoms with Gasteiger partial charge in [0.25, 0.3) is 5.91 Å². The molecule has 138 valence electrons. The molecule has 1 aliphatic heterocycles. The molecule has 2 aromatic rings. The topological polar surface area (TPSA) is 57.7 Å². The van der Waals surface area contributed by atoms with Gasteiger partial charge >= 0.3 is 0 Å². The zero-order chi connectivity index (χ0) is 18.4. The number of hydrogen-bond acceptors (Lipinski definition) is 5. The molecule has 0 radical (unpaired) electrons. The molecule has 0 unspecified atom stereocenters. The summed E-state index contributed by atoms with van der Waals surface area (Å²) < 4.78 is 18.0. The Bertz CT molecular complexity index is 713. The highest BCUT2D eigenvalue weighted by Gasteiger charge is 2.18. The largest absolute Gasteiger partial charge is 0.383 e. The summed E-state index contributed by atoms with van der Waals surface area (Å²) in [5.74, 6) is 0.488. The van der Waals surface area contributed by atoms with Gasteiger partial charge in [0, 0.05) is 51.7 Å².